The number of rotatable bonds is 7. The lowest BCUT2D eigenvalue weighted by Gasteiger charge is -2.09. The molecule has 2 aromatic rings. The van der Waals surface area contributed by atoms with Gasteiger partial charge in [0.2, 0.25) is 0 Å². The highest BCUT2D eigenvalue weighted by Gasteiger charge is 2.13. The highest BCUT2D eigenvalue weighted by Crippen LogP contribution is 2.28. The Morgan fingerprint density at radius 3 is 2.38 bits per heavy atom. The maximum Gasteiger partial charge on any atom is 0.335 e. The van der Waals surface area contributed by atoms with Crippen molar-refractivity contribution < 1.29 is 15.0 Å². The number of carboxylic acid groups (broad SMARTS) is 1. The average molecular weight is 482 g/mol. The van der Waals surface area contributed by atoms with Crippen molar-refractivity contribution in [3.8, 4) is 0 Å². The number of nitrogens with zero attached hydrogens (tertiary/aromatic N) is 1. The number of benzene rings is 2. The van der Waals surface area contributed by atoms with E-state index in [1.807, 2.05) is 33.8 Å². The first-order valence-corrected chi connectivity index (χ1v) is 11.8. The Morgan fingerprint density at radius 2 is 1.76 bits per heavy atom. The molecule has 1 aliphatic carbocycles. The molecule has 0 bridgehead atoms. The van der Waals surface area contributed by atoms with Gasteiger partial charge in [-0.05, 0) is 73.6 Å². The Balaban J connectivity index is 0.000000353. The van der Waals surface area contributed by atoms with E-state index >= 15 is 0 Å². The number of hydrogen-bond acceptors (Lipinski definition) is 5. The summed E-state index contributed by atoms with van der Waals surface area (Å²) in [7, 11) is 1.73. The van der Waals surface area contributed by atoms with Crippen LogP contribution >= 0.6 is 12.2 Å². The molecule has 4 N–H and O–H groups in total. The molecule has 0 saturated carbocycles. The number of aliphatic hydroxyl groups is 1. The lowest BCUT2D eigenvalue weighted by molar-refractivity contribution is 0.0697. The van der Waals surface area contributed by atoms with Gasteiger partial charge in [-0.2, -0.15) is 5.10 Å². The van der Waals surface area contributed by atoms with E-state index in [9.17, 15) is 9.90 Å². The minimum atomic E-state index is -0.942. The summed E-state index contributed by atoms with van der Waals surface area (Å²) in [6.07, 6.45) is 7.05. The van der Waals surface area contributed by atoms with Crippen molar-refractivity contribution in [2.45, 2.75) is 47.0 Å². The maximum absolute atomic E-state index is 10.5. The summed E-state index contributed by atoms with van der Waals surface area (Å²) in [5.41, 5.74) is 10.5. The molecule has 0 heterocycles. The van der Waals surface area contributed by atoms with Crippen LogP contribution in [0.4, 0.5) is 5.69 Å². The fourth-order valence-corrected chi connectivity index (χ4v) is 3.51. The largest absolute Gasteiger partial charge is 0.507 e. The highest BCUT2D eigenvalue weighted by atomic mass is 32.1. The van der Waals surface area contributed by atoms with E-state index in [0.29, 0.717) is 5.69 Å². The van der Waals surface area contributed by atoms with Gasteiger partial charge in [0, 0.05) is 18.3 Å². The second-order valence-corrected chi connectivity index (χ2v) is 7.42. The molecule has 2 aromatic carbocycles. The van der Waals surface area contributed by atoms with Gasteiger partial charge in [0.25, 0.3) is 0 Å². The van der Waals surface area contributed by atoms with E-state index < -0.39 is 5.97 Å². The van der Waals surface area contributed by atoms with E-state index in [-0.39, 0.29) is 11.3 Å². The molecular weight excluding hydrogens is 446 g/mol. The summed E-state index contributed by atoms with van der Waals surface area (Å²) in [6, 6.07) is 12.9. The van der Waals surface area contributed by atoms with E-state index in [0.717, 1.165) is 23.1 Å². The quantitative estimate of drug-likeness (QED) is 0.120. The van der Waals surface area contributed by atoms with Crippen LogP contribution in [0, 0.1) is 0 Å². The zero-order valence-corrected chi connectivity index (χ0v) is 21.4. The number of fused-ring (bicyclic) bond motifs is 1. The predicted molar refractivity (Wildman–Crippen MR) is 147 cm³/mol. The first-order chi connectivity index (χ1) is 16.4. The van der Waals surface area contributed by atoms with Crippen molar-refractivity contribution in [1.29, 1.82) is 0 Å². The summed E-state index contributed by atoms with van der Waals surface area (Å²) in [5, 5.41) is 25.7. The zero-order chi connectivity index (χ0) is 25.5. The summed E-state index contributed by atoms with van der Waals surface area (Å²) in [4.78, 5) is 10.5. The van der Waals surface area contributed by atoms with Crippen LogP contribution in [0.5, 0.6) is 0 Å². The molecule has 0 spiro atoms. The van der Waals surface area contributed by atoms with E-state index in [1.165, 1.54) is 41.6 Å². The molecule has 0 aromatic heterocycles. The SMILES string of the molecule is C/C=C(/C=N/NC)C(\O)=C(/C)c1ccc2c(c1)CCC2.CC.O=C(O)c1cccc(NC=S)c1. The van der Waals surface area contributed by atoms with Crippen LogP contribution in [0.3, 0.4) is 0 Å². The molecule has 6 nitrogen and oxygen atoms in total. The number of carbonyl (C=O) groups is 1. The molecule has 0 radical (unpaired) electrons. The Bertz CT molecular complexity index is 1060. The van der Waals surface area contributed by atoms with Crippen LogP contribution in [-0.4, -0.2) is 34.9 Å². The highest BCUT2D eigenvalue weighted by molar-refractivity contribution is 7.79. The molecular formula is C27H35N3O3S. The third kappa shape index (κ3) is 8.48. The number of thiocarbonyl (C=S) groups is 1. The number of anilines is 1. The third-order valence-electron chi connectivity index (χ3n) is 5.14. The number of aryl methyl sites for hydroxylation is 2. The van der Waals surface area contributed by atoms with Gasteiger partial charge >= 0.3 is 5.97 Å². The monoisotopic (exact) mass is 481 g/mol. The van der Waals surface area contributed by atoms with Crippen molar-refractivity contribution >= 4 is 41.2 Å². The van der Waals surface area contributed by atoms with Gasteiger partial charge in [0.05, 0.1) is 17.3 Å². The van der Waals surface area contributed by atoms with Crippen molar-refractivity contribution in [3.05, 3.63) is 82.1 Å². The number of nitrogens with one attached hydrogen (secondary N) is 2. The Hall–Kier alpha value is -3.45. The first kappa shape index (κ1) is 28.6. The van der Waals surface area contributed by atoms with Gasteiger partial charge < -0.3 is 21.0 Å². The molecule has 0 aliphatic heterocycles. The Kier molecular flexibility index (Phi) is 12.9. The fraction of sp³-hybridized carbons (Fsp3) is 0.296. The predicted octanol–water partition coefficient (Wildman–Crippen LogP) is 6.40. The second-order valence-electron chi connectivity index (χ2n) is 7.18. The number of hydrazone groups is 1. The molecule has 0 amide bonds. The van der Waals surface area contributed by atoms with Gasteiger partial charge in [0.1, 0.15) is 5.76 Å². The third-order valence-corrected chi connectivity index (χ3v) is 5.26. The van der Waals surface area contributed by atoms with Gasteiger partial charge in [-0.25, -0.2) is 4.79 Å². The number of aromatic carboxylic acids is 1. The van der Waals surface area contributed by atoms with E-state index in [1.54, 1.807) is 25.4 Å². The number of allylic oxidation sites excluding steroid dienone is 3. The maximum atomic E-state index is 10.5. The van der Waals surface area contributed by atoms with Gasteiger partial charge in [-0.15, -0.1) is 0 Å². The van der Waals surface area contributed by atoms with Crippen molar-refractivity contribution in [1.82, 2.24) is 5.43 Å². The minimum Gasteiger partial charge on any atom is -0.507 e. The standard InChI is InChI=1S/C17H22N2O.C8H7NO2S.C2H6/c1-4-13(11-19-18-3)17(20)12(2)15-9-8-14-6-5-7-16(14)10-15;10-8(11)6-2-1-3-7(4-6)9-5-12;1-2/h4,8-11,18,20H,5-7H2,1-3H3;1-5H,(H,9,12)(H,10,11);1-2H3/b13-4-,17-12-,19-11+;;. The molecule has 7 heteroatoms. The molecule has 0 saturated heterocycles. The smallest absolute Gasteiger partial charge is 0.335 e. The van der Waals surface area contributed by atoms with Crippen LogP contribution in [0.25, 0.3) is 5.57 Å². The van der Waals surface area contributed by atoms with Crippen LogP contribution < -0.4 is 10.7 Å². The number of aliphatic hydroxyl groups excluding tert-OH is 1. The Labute approximate surface area is 208 Å². The lowest BCUT2D eigenvalue weighted by atomic mass is 9.99. The van der Waals surface area contributed by atoms with Crippen LogP contribution in [0.15, 0.2) is 65.0 Å². The zero-order valence-electron chi connectivity index (χ0n) is 20.6. The molecule has 1 aliphatic rings. The Morgan fingerprint density at radius 1 is 1.06 bits per heavy atom. The second kappa shape index (κ2) is 15.4. The lowest BCUT2D eigenvalue weighted by Crippen LogP contribution is -2.00. The normalized spacial score (nSPS) is 12.9. The van der Waals surface area contributed by atoms with Crippen molar-refractivity contribution in [2.24, 2.45) is 5.10 Å². The van der Waals surface area contributed by atoms with Gasteiger partial charge in [-0.3, -0.25) is 0 Å². The topological polar surface area (TPSA) is 94.0 Å². The minimum absolute atomic E-state index is 0.247. The molecule has 182 valence electrons. The van der Waals surface area contributed by atoms with Gasteiger partial charge in [0.15, 0.2) is 0 Å². The molecule has 0 fully saturated rings. The number of hydrogen-bond donors (Lipinski definition) is 4. The number of carboxylic acids is 1. The van der Waals surface area contributed by atoms with Crippen LogP contribution in [0.1, 0.15) is 61.2 Å². The first-order valence-electron chi connectivity index (χ1n) is 11.3. The summed E-state index contributed by atoms with van der Waals surface area (Å²) in [5.74, 6) is -0.660. The summed E-state index contributed by atoms with van der Waals surface area (Å²) < 4.78 is 0. The summed E-state index contributed by atoms with van der Waals surface area (Å²) >= 11 is 4.56. The van der Waals surface area contributed by atoms with Gasteiger partial charge in [-0.1, -0.05) is 56.4 Å². The summed E-state index contributed by atoms with van der Waals surface area (Å²) in [6.45, 7) is 7.84. The van der Waals surface area contributed by atoms with Crippen molar-refractivity contribution in [2.75, 3.05) is 12.4 Å². The van der Waals surface area contributed by atoms with Crippen LogP contribution in [0.2, 0.25) is 0 Å². The molecule has 3 rings (SSSR count). The van der Waals surface area contributed by atoms with Crippen molar-refractivity contribution in [3.63, 3.8) is 0 Å². The van der Waals surface area contributed by atoms with E-state index in [2.05, 4.69) is 46.3 Å². The van der Waals surface area contributed by atoms with E-state index in [4.69, 9.17) is 5.11 Å². The molecule has 0 unspecified atom stereocenters. The van der Waals surface area contributed by atoms with Crippen LogP contribution in [-0.2, 0) is 12.8 Å². The average Bonchev–Trinajstić information content (AvgIpc) is 3.34. The molecule has 34 heavy (non-hydrogen) atoms. The fourth-order valence-electron chi connectivity index (χ4n) is 3.37. The molecule has 0 atom stereocenters.